The van der Waals surface area contributed by atoms with Crippen molar-refractivity contribution in [2.24, 2.45) is 0 Å². The number of benzene rings is 2. The van der Waals surface area contributed by atoms with Crippen LogP contribution in [0.1, 0.15) is 18.1 Å². The van der Waals surface area contributed by atoms with Crippen LogP contribution in [0.5, 0.6) is 5.75 Å². The minimum absolute atomic E-state index is 0.156. The highest BCUT2D eigenvalue weighted by molar-refractivity contribution is 5.34. The van der Waals surface area contributed by atoms with E-state index in [-0.39, 0.29) is 6.61 Å². The van der Waals surface area contributed by atoms with Crippen LogP contribution in [0.2, 0.25) is 0 Å². The molecular weight excluding hydrogens is 238 g/mol. The van der Waals surface area contributed by atoms with Gasteiger partial charge in [-0.05, 0) is 36.8 Å². The average Bonchev–Trinajstić information content (AvgIpc) is 2.47. The van der Waals surface area contributed by atoms with E-state index in [0.717, 1.165) is 5.56 Å². The lowest BCUT2D eigenvalue weighted by Gasteiger charge is -2.24. The number of nitriles is 1. The van der Waals surface area contributed by atoms with Gasteiger partial charge < -0.3 is 9.84 Å². The Kier molecular flexibility index (Phi) is 3.84. The second-order valence-corrected chi connectivity index (χ2v) is 4.56. The van der Waals surface area contributed by atoms with Crippen LogP contribution in [0.15, 0.2) is 54.6 Å². The van der Waals surface area contributed by atoms with Crippen molar-refractivity contribution in [1.29, 1.82) is 5.26 Å². The molecule has 0 heterocycles. The Hall–Kier alpha value is -2.31. The predicted octanol–water partition coefficient (Wildman–Crippen LogP) is 2.84. The summed E-state index contributed by atoms with van der Waals surface area (Å²) in [5.41, 5.74) is 0.348. The third-order valence-electron chi connectivity index (χ3n) is 2.90. The van der Waals surface area contributed by atoms with Gasteiger partial charge >= 0.3 is 0 Å². The Morgan fingerprint density at radius 1 is 1.11 bits per heavy atom. The molecule has 0 bridgehead atoms. The lowest BCUT2D eigenvalue weighted by Crippen LogP contribution is -2.29. The Morgan fingerprint density at radius 3 is 2.32 bits per heavy atom. The molecule has 0 saturated carbocycles. The summed E-state index contributed by atoms with van der Waals surface area (Å²) in [7, 11) is 0. The number of rotatable bonds is 4. The van der Waals surface area contributed by atoms with Crippen LogP contribution in [-0.4, -0.2) is 11.7 Å². The second kappa shape index (κ2) is 5.55. The molecule has 0 aliphatic heterocycles. The maximum Gasteiger partial charge on any atom is 0.121 e. The number of hydrogen-bond acceptors (Lipinski definition) is 3. The standard InChI is InChI=1S/C16H15NO2/c1-16(18,14-5-3-2-4-6-14)12-19-15-9-7-13(11-17)8-10-15/h2-10,18H,12H2,1H3. The summed E-state index contributed by atoms with van der Waals surface area (Å²) in [4.78, 5) is 0. The molecule has 3 nitrogen and oxygen atoms in total. The van der Waals surface area contributed by atoms with Crippen molar-refractivity contribution in [3.63, 3.8) is 0 Å². The predicted molar refractivity (Wildman–Crippen MR) is 72.7 cm³/mol. The van der Waals surface area contributed by atoms with E-state index in [0.29, 0.717) is 11.3 Å². The third-order valence-corrected chi connectivity index (χ3v) is 2.90. The normalized spacial score (nSPS) is 13.3. The summed E-state index contributed by atoms with van der Waals surface area (Å²) in [6, 6.07) is 18.3. The molecule has 0 amide bonds. The van der Waals surface area contributed by atoms with E-state index in [1.54, 1.807) is 31.2 Å². The van der Waals surface area contributed by atoms with Crippen molar-refractivity contribution in [1.82, 2.24) is 0 Å². The van der Waals surface area contributed by atoms with E-state index in [2.05, 4.69) is 0 Å². The Balaban J connectivity index is 2.03. The first-order valence-electron chi connectivity index (χ1n) is 6.03. The van der Waals surface area contributed by atoms with Crippen LogP contribution in [0.4, 0.5) is 0 Å². The fourth-order valence-corrected chi connectivity index (χ4v) is 1.73. The van der Waals surface area contributed by atoms with Crippen molar-refractivity contribution in [3.8, 4) is 11.8 Å². The smallest absolute Gasteiger partial charge is 0.121 e. The molecule has 19 heavy (non-hydrogen) atoms. The van der Waals surface area contributed by atoms with Crippen molar-refractivity contribution in [2.45, 2.75) is 12.5 Å². The van der Waals surface area contributed by atoms with Gasteiger partial charge in [-0.2, -0.15) is 5.26 Å². The molecule has 1 unspecified atom stereocenters. The zero-order chi connectivity index (χ0) is 13.7. The zero-order valence-corrected chi connectivity index (χ0v) is 10.7. The molecule has 2 aromatic rings. The van der Waals surface area contributed by atoms with Crippen LogP contribution in [0.25, 0.3) is 0 Å². The third kappa shape index (κ3) is 3.34. The fraction of sp³-hybridized carbons (Fsp3) is 0.188. The Bertz CT molecular complexity index is 568. The van der Waals surface area contributed by atoms with E-state index in [4.69, 9.17) is 10.00 Å². The maximum absolute atomic E-state index is 10.4. The van der Waals surface area contributed by atoms with Crippen LogP contribution in [-0.2, 0) is 5.60 Å². The van der Waals surface area contributed by atoms with Gasteiger partial charge in [-0.25, -0.2) is 0 Å². The molecule has 1 atom stereocenters. The average molecular weight is 253 g/mol. The monoisotopic (exact) mass is 253 g/mol. The molecule has 0 aromatic heterocycles. The Labute approximate surface area is 112 Å². The minimum atomic E-state index is -1.05. The number of ether oxygens (including phenoxy) is 1. The highest BCUT2D eigenvalue weighted by atomic mass is 16.5. The summed E-state index contributed by atoms with van der Waals surface area (Å²) < 4.78 is 5.57. The van der Waals surface area contributed by atoms with Gasteiger partial charge in [-0.1, -0.05) is 30.3 Å². The molecule has 0 radical (unpaired) electrons. The zero-order valence-electron chi connectivity index (χ0n) is 10.7. The summed E-state index contributed by atoms with van der Waals surface area (Å²) in [6.07, 6.45) is 0. The first-order chi connectivity index (χ1) is 9.12. The van der Waals surface area contributed by atoms with Crippen molar-refractivity contribution in [3.05, 3.63) is 65.7 Å². The molecule has 0 saturated heterocycles. The summed E-state index contributed by atoms with van der Waals surface area (Å²) in [5.74, 6) is 0.634. The molecular formula is C16H15NO2. The lowest BCUT2D eigenvalue weighted by atomic mass is 9.97. The van der Waals surface area contributed by atoms with Crippen LogP contribution >= 0.6 is 0 Å². The number of nitrogens with zero attached hydrogens (tertiary/aromatic N) is 1. The van der Waals surface area contributed by atoms with Gasteiger partial charge in [-0.15, -0.1) is 0 Å². The molecule has 96 valence electrons. The molecule has 0 aliphatic rings. The van der Waals surface area contributed by atoms with Crippen molar-refractivity contribution < 1.29 is 9.84 Å². The largest absolute Gasteiger partial charge is 0.490 e. The van der Waals surface area contributed by atoms with Gasteiger partial charge in [0.2, 0.25) is 0 Å². The van der Waals surface area contributed by atoms with Crippen LogP contribution in [0, 0.1) is 11.3 Å². The maximum atomic E-state index is 10.4. The molecule has 2 aromatic carbocycles. The molecule has 1 N–H and O–H groups in total. The van der Waals surface area contributed by atoms with Gasteiger partial charge in [0.1, 0.15) is 18.0 Å². The molecule has 0 aliphatic carbocycles. The van der Waals surface area contributed by atoms with Gasteiger partial charge in [0.25, 0.3) is 0 Å². The van der Waals surface area contributed by atoms with E-state index >= 15 is 0 Å². The first-order valence-corrected chi connectivity index (χ1v) is 6.03. The molecule has 0 spiro atoms. The highest BCUT2D eigenvalue weighted by Gasteiger charge is 2.23. The SMILES string of the molecule is CC(O)(COc1ccc(C#N)cc1)c1ccccc1. The van der Waals surface area contributed by atoms with Crippen molar-refractivity contribution >= 4 is 0 Å². The quantitative estimate of drug-likeness (QED) is 0.911. The minimum Gasteiger partial charge on any atom is -0.490 e. The second-order valence-electron chi connectivity index (χ2n) is 4.56. The molecule has 3 heteroatoms. The number of aliphatic hydroxyl groups is 1. The van der Waals surface area contributed by atoms with Gasteiger partial charge in [0.05, 0.1) is 11.6 Å². The fourth-order valence-electron chi connectivity index (χ4n) is 1.73. The van der Waals surface area contributed by atoms with E-state index < -0.39 is 5.60 Å². The molecule has 0 fully saturated rings. The summed E-state index contributed by atoms with van der Waals surface area (Å²) in [6.45, 7) is 1.87. The summed E-state index contributed by atoms with van der Waals surface area (Å²) >= 11 is 0. The lowest BCUT2D eigenvalue weighted by molar-refractivity contribution is 0.00760. The van der Waals surface area contributed by atoms with Crippen molar-refractivity contribution in [2.75, 3.05) is 6.61 Å². The first kappa shape index (κ1) is 13.1. The van der Waals surface area contributed by atoms with Gasteiger partial charge in [0.15, 0.2) is 0 Å². The van der Waals surface area contributed by atoms with E-state index in [1.807, 2.05) is 36.4 Å². The van der Waals surface area contributed by atoms with Gasteiger partial charge in [0, 0.05) is 0 Å². The van der Waals surface area contributed by atoms with E-state index in [1.165, 1.54) is 0 Å². The highest BCUT2D eigenvalue weighted by Crippen LogP contribution is 2.22. The number of hydrogen-bond donors (Lipinski definition) is 1. The van der Waals surface area contributed by atoms with Crippen LogP contribution in [0.3, 0.4) is 0 Å². The topological polar surface area (TPSA) is 53.2 Å². The molecule has 2 rings (SSSR count). The summed E-state index contributed by atoms with van der Waals surface area (Å²) in [5, 5.41) is 19.1. The van der Waals surface area contributed by atoms with Gasteiger partial charge in [-0.3, -0.25) is 0 Å². The van der Waals surface area contributed by atoms with Crippen LogP contribution < -0.4 is 4.74 Å². The van der Waals surface area contributed by atoms with E-state index in [9.17, 15) is 5.11 Å². The Morgan fingerprint density at radius 2 is 1.74 bits per heavy atom.